The van der Waals surface area contributed by atoms with Crippen LogP contribution >= 0.6 is 11.8 Å². The number of carbonyl (C=O) groups is 1. The summed E-state index contributed by atoms with van der Waals surface area (Å²) in [7, 11) is 1.84. The van der Waals surface area contributed by atoms with Crippen molar-refractivity contribution in [3.8, 4) is 0 Å². The highest BCUT2D eigenvalue weighted by atomic mass is 32.2. The van der Waals surface area contributed by atoms with Crippen LogP contribution in [-0.2, 0) is 18.3 Å². The predicted octanol–water partition coefficient (Wildman–Crippen LogP) is 1.89. The fourth-order valence-corrected chi connectivity index (χ4v) is 4.20. The summed E-state index contributed by atoms with van der Waals surface area (Å²) in [5.41, 5.74) is 0.601. The van der Waals surface area contributed by atoms with Gasteiger partial charge in [0.1, 0.15) is 12.1 Å². The number of carbonyl (C=O) groups excluding carboxylic acids is 1. The molecule has 3 rings (SSSR count). The Kier molecular flexibility index (Phi) is 5.93. The molecular weight excluding hydrogens is 355 g/mol. The summed E-state index contributed by atoms with van der Waals surface area (Å²) in [6, 6.07) is 6.36. The molecule has 1 aromatic carbocycles. The molecule has 1 fully saturated rings. The molecule has 1 aliphatic heterocycles. The van der Waals surface area contributed by atoms with Crippen molar-refractivity contribution in [1.82, 2.24) is 19.7 Å². The average molecular weight is 378 g/mol. The lowest BCUT2D eigenvalue weighted by molar-refractivity contribution is -0.132. The number of hydrogen-bond donors (Lipinski definition) is 1. The number of aliphatic hydroxyl groups excluding tert-OH is 1. The lowest BCUT2D eigenvalue weighted by Crippen LogP contribution is -2.49. The van der Waals surface area contributed by atoms with Gasteiger partial charge in [0.25, 0.3) is 0 Å². The van der Waals surface area contributed by atoms with E-state index >= 15 is 0 Å². The normalized spacial score (nSPS) is 20.3. The van der Waals surface area contributed by atoms with E-state index in [1.807, 2.05) is 11.9 Å². The van der Waals surface area contributed by atoms with Crippen molar-refractivity contribution in [3.63, 3.8) is 0 Å². The number of aryl methyl sites for hydroxylation is 1. The number of rotatable bonds is 6. The van der Waals surface area contributed by atoms with E-state index in [0.717, 1.165) is 18.4 Å². The van der Waals surface area contributed by atoms with Gasteiger partial charge in [-0.2, -0.15) is 0 Å². The largest absolute Gasteiger partial charge is 0.396 e. The molecule has 0 spiro atoms. The lowest BCUT2D eigenvalue weighted by Gasteiger charge is -2.42. The molecule has 1 amide bonds. The van der Waals surface area contributed by atoms with Crippen LogP contribution in [0.15, 0.2) is 35.7 Å². The Morgan fingerprint density at radius 1 is 1.38 bits per heavy atom. The maximum atomic E-state index is 13.1. The molecule has 2 aromatic rings. The third kappa shape index (κ3) is 4.42. The summed E-state index contributed by atoms with van der Waals surface area (Å²) in [4.78, 5) is 14.4. The van der Waals surface area contributed by atoms with Gasteiger partial charge in [-0.25, -0.2) is 4.39 Å². The van der Waals surface area contributed by atoms with E-state index in [9.17, 15) is 14.3 Å². The molecule has 8 heteroatoms. The SMILES string of the molecule is Cn1cnnc1SCC(=O)N1CCC[C@](CO)(Cc2ccc(F)cc2)C1. The van der Waals surface area contributed by atoms with Gasteiger partial charge in [-0.1, -0.05) is 23.9 Å². The van der Waals surface area contributed by atoms with Crippen molar-refractivity contribution in [2.75, 3.05) is 25.4 Å². The standard InChI is InChI=1S/C18H23FN4O2S/c1-22-13-20-21-17(22)26-10-16(25)23-8-2-7-18(11-23,12-24)9-14-3-5-15(19)6-4-14/h3-6,13,24H,2,7-12H2,1H3/t18-/m0/s1. The second kappa shape index (κ2) is 8.18. The Morgan fingerprint density at radius 2 is 2.15 bits per heavy atom. The van der Waals surface area contributed by atoms with Gasteiger partial charge in [0.05, 0.1) is 12.4 Å². The third-order valence-corrected chi connectivity index (χ3v) is 5.86. The van der Waals surface area contributed by atoms with E-state index < -0.39 is 0 Å². The molecule has 0 bridgehead atoms. The second-order valence-corrected chi connectivity index (χ2v) is 7.84. The van der Waals surface area contributed by atoms with E-state index in [1.165, 1.54) is 23.9 Å². The highest BCUT2D eigenvalue weighted by Crippen LogP contribution is 2.34. The molecule has 0 unspecified atom stereocenters. The van der Waals surface area contributed by atoms with Crippen molar-refractivity contribution in [2.45, 2.75) is 24.4 Å². The Labute approximate surface area is 156 Å². The first-order chi connectivity index (χ1) is 12.5. The maximum Gasteiger partial charge on any atom is 0.233 e. The Morgan fingerprint density at radius 3 is 2.81 bits per heavy atom. The molecule has 26 heavy (non-hydrogen) atoms. The van der Waals surface area contributed by atoms with E-state index in [-0.39, 0.29) is 23.7 Å². The highest BCUT2D eigenvalue weighted by Gasteiger charge is 2.36. The summed E-state index contributed by atoms with van der Waals surface area (Å²) in [6.07, 6.45) is 3.93. The number of halogens is 1. The van der Waals surface area contributed by atoms with Gasteiger partial charge < -0.3 is 14.6 Å². The Balaban J connectivity index is 1.63. The molecule has 0 radical (unpaired) electrons. The van der Waals surface area contributed by atoms with Crippen LogP contribution in [0.25, 0.3) is 0 Å². The van der Waals surface area contributed by atoms with Gasteiger partial charge in [-0.15, -0.1) is 10.2 Å². The zero-order chi connectivity index (χ0) is 18.6. The van der Waals surface area contributed by atoms with Gasteiger partial charge in [0.2, 0.25) is 5.91 Å². The molecule has 6 nitrogen and oxygen atoms in total. The van der Waals surface area contributed by atoms with Crippen LogP contribution in [-0.4, -0.2) is 56.1 Å². The molecule has 140 valence electrons. The molecular formula is C18H23FN4O2S. The number of benzene rings is 1. The molecule has 1 saturated heterocycles. The Hall–Kier alpha value is -1.93. The van der Waals surface area contributed by atoms with Crippen molar-refractivity contribution in [1.29, 1.82) is 0 Å². The van der Waals surface area contributed by atoms with Crippen molar-refractivity contribution in [2.24, 2.45) is 12.5 Å². The molecule has 2 heterocycles. The minimum Gasteiger partial charge on any atom is -0.396 e. The second-order valence-electron chi connectivity index (χ2n) is 6.89. The monoisotopic (exact) mass is 378 g/mol. The summed E-state index contributed by atoms with van der Waals surface area (Å²) >= 11 is 1.36. The fraction of sp³-hybridized carbons (Fsp3) is 0.500. The molecule has 1 atom stereocenters. The van der Waals surface area contributed by atoms with Crippen molar-refractivity contribution < 1.29 is 14.3 Å². The van der Waals surface area contributed by atoms with Crippen LogP contribution in [0.1, 0.15) is 18.4 Å². The van der Waals surface area contributed by atoms with Crippen LogP contribution in [0.3, 0.4) is 0 Å². The maximum absolute atomic E-state index is 13.1. The van der Waals surface area contributed by atoms with E-state index in [2.05, 4.69) is 10.2 Å². The number of likely N-dealkylation sites (tertiary alicyclic amines) is 1. The summed E-state index contributed by atoms with van der Waals surface area (Å²) in [5.74, 6) is 0.0626. The summed E-state index contributed by atoms with van der Waals surface area (Å²) in [6.45, 7) is 1.22. The first-order valence-electron chi connectivity index (χ1n) is 8.61. The Bertz CT molecular complexity index is 752. The third-order valence-electron chi connectivity index (χ3n) is 4.84. The topological polar surface area (TPSA) is 71.2 Å². The number of nitrogens with zero attached hydrogens (tertiary/aromatic N) is 4. The molecule has 0 saturated carbocycles. The van der Waals surface area contributed by atoms with Crippen LogP contribution < -0.4 is 0 Å². The van der Waals surface area contributed by atoms with Gasteiger partial charge in [-0.3, -0.25) is 4.79 Å². The zero-order valence-electron chi connectivity index (χ0n) is 14.8. The highest BCUT2D eigenvalue weighted by molar-refractivity contribution is 7.99. The van der Waals surface area contributed by atoms with Crippen LogP contribution in [0, 0.1) is 11.2 Å². The molecule has 1 aliphatic rings. The number of hydrogen-bond acceptors (Lipinski definition) is 5. The zero-order valence-corrected chi connectivity index (χ0v) is 15.6. The van der Waals surface area contributed by atoms with Crippen LogP contribution in [0.5, 0.6) is 0 Å². The lowest BCUT2D eigenvalue weighted by atomic mass is 9.75. The molecule has 0 aliphatic carbocycles. The van der Waals surface area contributed by atoms with E-state index in [4.69, 9.17) is 0 Å². The average Bonchev–Trinajstić information content (AvgIpc) is 3.07. The number of aliphatic hydroxyl groups is 1. The first-order valence-corrected chi connectivity index (χ1v) is 9.60. The minimum atomic E-state index is -0.374. The van der Waals surface area contributed by atoms with E-state index in [0.29, 0.717) is 30.4 Å². The number of aromatic nitrogens is 3. The molecule has 1 aromatic heterocycles. The van der Waals surface area contributed by atoms with Crippen molar-refractivity contribution >= 4 is 17.7 Å². The van der Waals surface area contributed by atoms with E-state index in [1.54, 1.807) is 23.0 Å². The van der Waals surface area contributed by atoms with Gasteiger partial charge in [-0.05, 0) is 37.0 Å². The summed E-state index contributed by atoms with van der Waals surface area (Å²) in [5, 5.41) is 18.5. The van der Waals surface area contributed by atoms with Crippen LogP contribution in [0.4, 0.5) is 4.39 Å². The van der Waals surface area contributed by atoms with Crippen LogP contribution in [0.2, 0.25) is 0 Å². The fourth-order valence-electron chi connectivity index (χ4n) is 3.41. The predicted molar refractivity (Wildman–Crippen MR) is 97.2 cm³/mol. The van der Waals surface area contributed by atoms with Gasteiger partial charge in [0.15, 0.2) is 5.16 Å². The first kappa shape index (κ1) is 18.8. The minimum absolute atomic E-state index is 0.00455. The molecule has 1 N–H and O–H groups in total. The van der Waals surface area contributed by atoms with Gasteiger partial charge >= 0.3 is 0 Å². The number of amides is 1. The quantitative estimate of drug-likeness (QED) is 0.778. The van der Waals surface area contributed by atoms with Crippen molar-refractivity contribution in [3.05, 3.63) is 42.0 Å². The summed E-state index contributed by atoms with van der Waals surface area (Å²) < 4.78 is 14.9. The number of piperidine rings is 1. The number of thioether (sulfide) groups is 1. The smallest absolute Gasteiger partial charge is 0.233 e. The van der Waals surface area contributed by atoms with Gasteiger partial charge in [0, 0.05) is 25.6 Å².